The van der Waals surface area contributed by atoms with Crippen LogP contribution >= 0.6 is 0 Å². The summed E-state index contributed by atoms with van der Waals surface area (Å²) in [6.07, 6.45) is 6.04. The van der Waals surface area contributed by atoms with Crippen LogP contribution in [0.4, 0.5) is 0 Å². The Morgan fingerprint density at radius 2 is 2.00 bits per heavy atom. The monoisotopic (exact) mass is 157 g/mol. The van der Waals surface area contributed by atoms with Crippen molar-refractivity contribution in [2.24, 2.45) is 0 Å². The van der Waals surface area contributed by atoms with Crippen molar-refractivity contribution in [3.05, 3.63) is 6.92 Å². The second-order valence-corrected chi connectivity index (χ2v) is 3.25. The predicted molar refractivity (Wildman–Crippen MR) is 44.2 cm³/mol. The molecule has 0 spiro atoms. The molecule has 1 N–H and O–H groups in total. The minimum absolute atomic E-state index is 0.389. The van der Waals surface area contributed by atoms with Gasteiger partial charge in [0.25, 0.3) is 0 Å². The molecule has 0 bridgehead atoms. The Morgan fingerprint density at radius 1 is 1.36 bits per heavy atom. The van der Waals surface area contributed by atoms with E-state index in [0.29, 0.717) is 12.7 Å². The highest BCUT2D eigenvalue weighted by molar-refractivity contribution is 4.66. The van der Waals surface area contributed by atoms with Crippen LogP contribution in [0, 0.1) is 6.92 Å². The normalized spacial score (nSPS) is 23.5. The van der Waals surface area contributed by atoms with Crippen molar-refractivity contribution in [1.82, 2.24) is 0 Å². The van der Waals surface area contributed by atoms with Gasteiger partial charge in [-0.05, 0) is 19.8 Å². The molecule has 0 aliphatic heterocycles. The molecule has 0 aromatic rings. The highest BCUT2D eigenvalue weighted by Crippen LogP contribution is 2.20. The Morgan fingerprint density at radius 3 is 2.55 bits per heavy atom. The molecule has 1 fully saturated rings. The van der Waals surface area contributed by atoms with Gasteiger partial charge in [0, 0.05) is 0 Å². The third kappa shape index (κ3) is 3.73. The van der Waals surface area contributed by atoms with Crippen molar-refractivity contribution in [3.8, 4) is 0 Å². The van der Waals surface area contributed by atoms with Crippen LogP contribution in [0.1, 0.15) is 32.1 Å². The Hall–Kier alpha value is -0.0800. The molecule has 1 saturated carbocycles. The number of aliphatic hydroxyl groups excluding tert-OH is 1. The molecule has 11 heavy (non-hydrogen) atoms. The second-order valence-electron chi connectivity index (χ2n) is 3.25. The van der Waals surface area contributed by atoms with Crippen molar-refractivity contribution < 1.29 is 9.84 Å². The van der Waals surface area contributed by atoms with Crippen LogP contribution < -0.4 is 0 Å². The van der Waals surface area contributed by atoms with E-state index in [4.69, 9.17) is 9.84 Å². The van der Waals surface area contributed by atoms with Crippen molar-refractivity contribution in [3.63, 3.8) is 0 Å². The van der Waals surface area contributed by atoms with E-state index in [0.717, 1.165) is 12.8 Å². The zero-order chi connectivity index (χ0) is 8.10. The van der Waals surface area contributed by atoms with Crippen LogP contribution in [-0.2, 0) is 4.74 Å². The molecule has 1 aliphatic carbocycles. The minimum Gasteiger partial charge on any atom is -0.391 e. The molecule has 0 aromatic carbocycles. The minimum atomic E-state index is -0.558. The van der Waals surface area contributed by atoms with Crippen LogP contribution in [0.3, 0.4) is 0 Å². The van der Waals surface area contributed by atoms with E-state index in [1.165, 1.54) is 19.3 Å². The maximum absolute atomic E-state index is 8.85. The standard InChI is InChI=1S/C9H17O2/c1-8(10)7-11-9-5-3-2-4-6-9/h8-10H,1-7H2. The van der Waals surface area contributed by atoms with Crippen molar-refractivity contribution >= 4 is 0 Å². The van der Waals surface area contributed by atoms with E-state index in [1.807, 2.05) is 0 Å². The summed E-state index contributed by atoms with van der Waals surface area (Å²) in [7, 11) is 0. The summed E-state index contributed by atoms with van der Waals surface area (Å²) in [5.41, 5.74) is 0. The molecule has 0 saturated heterocycles. The predicted octanol–water partition coefficient (Wildman–Crippen LogP) is 1.53. The number of ether oxygens (including phenoxy) is 1. The second kappa shape index (κ2) is 4.73. The van der Waals surface area contributed by atoms with Gasteiger partial charge in [-0.3, -0.25) is 0 Å². The summed E-state index contributed by atoms with van der Waals surface area (Å²) >= 11 is 0. The van der Waals surface area contributed by atoms with Crippen molar-refractivity contribution in [1.29, 1.82) is 0 Å². The first-order chi connectivity index (χ1) is 5.29. The lowest BCUT2D eigenvalue weighted by atomic mass is 9.98. The molecule has 0 heterocycles. The van der Waals surface area contributed by atoms with Gasteiger partial charge >= 0.3 is 0 Å². The highest BCUT2D eigenvalue weighted by Gasteiger charge is 2.13. The summed E-state index contributed by atoms with van der Waals surface area (Å²) < 4.78 is 5.43. The van der Waals surface area contributed by atoms with E-state index in [2.05, 4.69) is 6.92 Å². The number of aliphatic hydroxyl groups is 1. The highest BCUT2D eigenvalue weighted by atomic mass is 16.5. The van der Waals surface area contributed by atoms with Crippen LogP contribution in [0.25, 0.3) is 0 Å². The lowest BCUT2D eigenvalue weighted by Crippen LogP contribution is -2.21. The van der Waals surface area contributed by atoms with Crippen LogP contribution in [-0.4, -0.2) is 23.9 Å². The van der Waals surface area contributed by atoms with E-state index in [1.54, 1.807) is 0 Å². The topological polar surface area (TPSA) is 29.5 Å². The van der Waals surface area contributed by atoms with Crippen LogP contribution in [0.2, 0.25) is 0 Å². The van der Waals surface area contributed by atoms with Gasteiger partial charge in [0.15, 0.2) is 0 Å². The summed E-state index contributed by atoms with van der Waals surface area (Å²) in [5.74, 6) is 0. The molecule has 65 valence electrons. The Balaban J connectivity index is 2.05. The molecule has 1 radical (unpaired) electrons. The van der Waals surface area contributed by atoms with Crippen LogP contribution in [0.5, 0.6) is 0 Å². The van der Waals surface area contributed by atoms with E-state index in [9.17, 15) is 0 Å². The molecular weight excluding hydrogens is 140 g/mol. The zero-order valence-electron chi connectivity index (χ0n) is 6.96. The lowest BCUT2D eigenvalue weighted by Gasteiger charge is -2.22. The molecular formula is C9H17O2. The average Bonchev–Trinajstić information content (AvgIpc) is 2.03. The molecule has 0 amide bonds. The largest absolute Gasteiger partial charge is 0.391 e. The molecule has 1 unspecified atom stereocenters. The lowest BCUT2D eigenvalue weighted by molar-refractivity contribution is -0.0107. The fourth-order valence-corrected chi connectivity index (χ4v) is 1.48. The third-order valence-electron chi connectivity index (χ3n) is 2.08. The van der Waals surface area contributed by atoms with Gasteiger partial charge in [-0.1, -0.05) is 19.3 Å². The maximum Gasteiger partial charge on any atom is 0.0774 e. The molecule has 1 aliphatic rings. The smallest absolute Gasteiger partial charge is 0.0774 e. The Kier molecular flexibility index (Phi) is 3.87. The van der Waals surface area contributed by atoms with Gasteiger partial charge < -0.3 is 9.84 Å². The van der Waals surface area contributed by atoms with Crippen molar-refractivity contribution in [2.75, 3.05) is 6.61 Å². The summed E-state index contributed by atoms with van der Waals surface area (Å²) in [6.45, 7) is 3.85. The van der Waals surface area contributed by atoms with Gasteiger partial charge in [0.2, 0.25) is 0 Å². The first kappa shape index (κ1) is 9.01. The van der Waals surface area contributed by atoms with E-state index in [-0.39, 0.29) is 0 Å². The van der Waals surface area contributed by atoms with Gasteiger partial charge in [0.1, 0.15) is 0 Å². The average molecular weight is 157 g/mol. The zero-order valence-corrected chi connectivity index (χ0v) is 6.96. The van der Waals surface area contributed by atoms with E-state index >= 15 is 0 Å². The number of rotatable bonds is 3. The SMILES string of the molecule is [CH2]C(O)COC1CCCCC1. The summed E-state index contributed by atoms with van der Waals surface area (Å²) in [5, 5.41) is 8.85. The molecule has 1 rings (SSSR count). The molecule has 2 heteroatoms. The first-order valence-electron chi connectivity index (χ1n) is 4.42. The Bertz CT molecular complexity index is 95.7. The molecule has 1 atom stereocenters. The van der Waals surface area contributed by atoms with E-state index < -0.39 is 6.10 Å². The quantitative estimate of drug-likeness (QED) is 0.673. The Labute approximate surface area is 68.6 Å². The summed E-state index contributed by atoms with van der Waals surface area (Å²) in [6, 6.07) is 0. The van der Waals surface area contributed by atoms with Gasteiger partial charge in [-0.2, -0.15) is 0 Å². The first-order valence-corrected chi connectivity index (χ1v) is 4.42. The van der Waals surface area contributed by atoms with Gasteiger partial charge in [0.05, 0.1) is 18.8 Å². The van der Waals surface area contributed by atoms with Gasteiger partial charge in [-0.25, -0.2) is 0 Å². The third-order valence-corrected chi connectivity index (χ3v) is 2.08. The fourth-order valence-electron chi connectivity index (χ4n) is 1.48. The molecule has 0 aromatic heterocycles. The number of hydrogen-bond acceptors (Lipinski definition) is 2. The maximum atomic E-state index is 8.85. The summed E-state index contributed by atoms with van der Waals surface area (Å²) in [4.78, 5) is 0. The van der Waals surface area contributed by atoms with Gasteiger partial charge in [-0.15, -0.1) is 0 Å². The van der Waals surface area contributed by atoms with Crippen LogP contribution in [0.15, 0.2) is 0 Å². The van der Waals surface area contributed by atoms with Crippen molar-refractivity contribution in [2.45, 2.75) is 44.3 Å². The fraction of sp³-hybridized carbons (Fsp3) is 0.889. The number of hydrogen-bond donors (Lipinski definition) is 1. The molecule has 2 nitrogen and oxygen atoms in total.